The summed E-state index contributed by atoms with van der Waals surface area (Å²) >= 11 is 4.09. The number of pyridine rings is 1. The maximum absolute atomic E-state index is 11.3. The molecule has 0 unspecified atom stereocenters. The van der Waals surface area contributed by atoms with Gasteiger partial charge in [-0.2, -0.15) is 12.6 Å². The van der Waals surface area contributed by atoms with Crippen molar-refractivity contribution in [1.29, 1.82) is 0 Å². The number of hydrogen-bond acceptors (Lipinski definition) is 4. The Balaban J connectivity index is 2.91. The maximum atomic E-state index is 11.3. The first kappa shape index (κ1) is 11.8. The maximum Gasteiger partial charge on any atom is 0.357 e. The van der Waals surface area contributed by atoms with Gasteiger partial charge in [0.05, 0.1) is 7.11 Å². The van der Waals surface area contributed by atoms with E-state index in [0.29, 0.717) is 5.69 Å². The number of esters is 1. The summed E-state index contributed by atoms with van der Waals surface area (Å²) in [7, 11) is 1.35. The minimum absolute atomic E-state index is 0.343. The Bertz CT molecular complexity index is 363. The molecule has 0 spiro atoms. The highest BCUT2D eigenvalue weighted by molar-refractivity contribution is 7.80. The summed E-state index contributed by atoms with van der Waals surface area (Å²) in [6.45, 7) is 0. The van der Waals surface area contributed by atoms with Gasteiger partial charge in [0.2, 0.25) is 0 Å². The fourth-order valence-electron chi connectivity index (χ4n) is 1.10. The van der Waals surface area contributed by atoms with Gasteiger partial charge in [0.25, 0.3) is 0 Å². The number of nitrogens with zero attached hydrogens (tertiary/aromatic N) is 1. The van der Waals surface area contributed by atoms with Crippen LogP contribution in [0.1, 0.15) is 22.5 Å². The van der Waals surface area contributed by atoms with Crippen LogP contribution in [0.5, 0.6) is 0 Å². The summed E-state index contributed by atoms with van der Waals surface area (Å²) in [6.07, 6.45) is 6.24. The lowest BCUT2D eigenvalue weighted by Gasteiger charge is -2.01. The van der Waals surface area contributed by atoms with Crippen LogP contribution in [-0.4, -0.2) is 23.8 Å². The van der Waals surface area contributed by atoms with E-state index in [2.05, 4.69) is 22.3 Å². The molecule has 0 fully saturated rings. The Kier molecular flexibility index (Phi) is 4.90. The summed E-state index contributed by atoms with van der Waals surface area (Å²) in [5, 5.41) is 0. The molecule has 1 aromatic rings. The first-order valence-electron chi connectivity index (χ1n) is 4.60. The Morgan fingerprint density at radius 1 is 1.67 bits per heavy atom. The molecule has 0 atom stereocenters. The molecule has 1 heterocycles. The number of methoxy groups -OCH3 is 1. The van der Waals surface area contributed by atoms with Gasteiger partial charge in [-0.1, -0.05) is 18.2 Å². The van der Waals surface area contributed by atoms with Gasteiger partial charge in [-0.25, -0.2) is 9.78 Å². The van der Waals surface area contributed by atoms with Gasteiger partial charge in [0.1, 0.15) is 0 Å². The van der Waals surface area contributed by atoms with Crippen LogP contribution in [0.15, 0.2) is 24.4 Å². The number of hydrogen-bond donors (Lipinski definition) is 1. The van der Waals surface area contributed by atoms with E-state index in [-0.39, 0.29) is 0 Å². The van der Waals surface area contributed by atoms with Gasteiger partial charge in [-0.05, 0) is 18.2 Å². The second-order valence-electron chi connectivity index (χ2n) is 2.85. The molecule has 0 amide bonds. The predicted octanol–water partition coefficient (Wildman–Crippen LogP) is 2.20. The number of thiol groups is 1. The molecule has 0 N–H and O–H groups in total. The minimum atomic E-state index is -0.416. The van der Waals surface area contributed by atoms with Crippen LogP contribution in [0.25, 0.3) is 6.08 Å². The monoisotopic (exact) mass is 223 g/mol. The van der Waals surface area contributed by atoms with Crippen molar-refractivity contribution in [1.82, 2.24) is 4.98 Å². The van der Waals surface area contributed by atoms with Crippen LogP contribution in [0.3, 0.4) is 0 Å². The normalized spacial score (nSPS) is 10.5. The van der Waals surface area contributed by atoms with Crippen LogP contribution in [-0.2, 0) is 4.74 Å². The van der Waals surface area contributed by atoms with Gasteiger partial charge in [-0.15, -0.1) is 0 Å². The molecule has 15 heavy (non-hydrogen) atoms. The third kappa shape index (κ3) is 3.40. The lowest BCUT2D eigenvalue weighted by molar-refractivity contribution is 0.0594. The quantitative estimate of drug-likeness (QED) is 0.628. The topological polar surface area (TPSA) is 39.2 Å². The Hall–Kier alpha value is -1.29. The average molecular weight is 223 g/mol. The standard InChI is InChI=1S/C11H13NO2S/c1-14-11(13)10-9(5-2-3-8-15)6-4-7-12-10/h2,4-7,15H,3,8H2,1H3. The average Bonchev–Trinajstić information content (AvgIpc) is 2.29. The number of rotatable bonds is 4. The summed E-state index contributed by atoms with van der Waals surface area (Å²) in [6, 6.07) is 3.61. The van der Waals surface area contributed by atoms with E-state index in [1.165, 1.54) is 7.11 Å². The minimum Gasteiger partial charge on any atom is -0.464 e. The molecular formula is C11H13NO2S. The van der Waals surface area contributed by atoms with E-state index in [1.54, 1.807) is 12.3 Å². The molecule has 0 saturated carbocycles. The molecule has 1 rings (SSSR count). The van der Waals surface area contributed by atoms with E-state index >= 15 is 0 Å². The van der Waals surface area contributed by atoms with E-state index in [4.69, 9.17) is 0 Å². The second-order valence-corrected chi connectivity index (χ2v) is 3.29. The van der Waals surface area contributed by atoms with Crippen LogP contribution in [0, 0.1) is 0 Å². The lowest BCUT2D eigenvalue weighted by Crippen LogP contribution is -2.06. The van der Waals surface area contributed by atoms with Crippen molar-refractivity contribution in [2.24, 2.45) is 0 Å². The number of allylic oxidation sites excluding steroid dienone is 1. The zero-order valence-electron chi connectivity index (χ0n) is 8.51. The summed E-state index contributed by atoms with van der Waals surface area (Å²) < 4.78 is 4.63. The van der Waals surface area contributed by atoms with Crippen molar-refractivity contribution < 1.29 is 9.53 Å². The fraction of sp³-hybridized carbons (Fsp3) is 0.273. The highest BCUT2D eigenvalue weighted by Gasteiger charge is 2.10. The molecule has 4 heteroatoms. The van der Waals surface area contributed by atoms with E-state index < -0.39 is 5.97 Å². The Morgan fingerprint density at radius 3 is 3.13 bits per heavy atom. The van der Waals surface area contributed by atoms with E-state index in [0.717, 1.165) is 17.7 Å². The second kappa shape index (κ2) is 6.24. The van der Waals surface area contributed by atoms with Crippen LogP contribution in [0.4, 0.5) is 0 Å². The molecular weight excluding hydrogens is 210 g/mol. The molecule has 3 nitrogen and oxygen atoms in total. The van der Waals surface area contributed by atoms with Crippen LogP contribution >= 0.6 is 12.6 Å². The van der Waals surface area contributed by atoms with Crippen molar-refractivity contribution in [3.8, 4) is 0 Å². The smallest absolute Gasteiger partial charge is 0.357 e. The molecule has 0 aliphatic heterocycles. The first-order chi connectivity index (χ1) is 7.29. The zero-order valence-corrected chi connectivity index (χ0v) is 9.41. The summed E-state index contributed by atoms with van der Waals surface area (Å²) in [5.74, 6) is 0.366. The molecule has 0 radical (unpaired) electrons. The van der Waals surface area contributed by atoms with Gasteiger partial charge in [0.15, 0.2) is 5.69 Å². The molecule has 0 aliphatic carbocycles. The highest BCUT2D eigenvalue weighted by Crippen LogP contribution is 2.09. The zero-order chi connectivity index (χ0) is 11.1. The number of carbonyl (C=O) groups is 1. The molecule has 0 aromatic carbocycles. The Morgan fingerprint density at radius 2 is 2.47 bits per heavy atom. The van der Waals surface area contributed by atoms with E-state index in [9.17, 15) is 4.79 Å². The summed E-state index contributed by atoms with van der Waals surface area (Å²) in [5.41, 5.74) is 1.11. The van der Waals surface area contributed by atoms with Crippen LogP contribution in [0.2, 0.25) is 0 Å². The lowest BCUT2D eigenvalue weighted by atomic mass is 10.1. The highest BCUT2D eigenvalue weighted by atomic mass is 32.1. The molecule has 80 valence electrons. The largest absolute Gasteiger partial charge is 0.464 e. The van der Waals surface area contributed by atoms with Crippen molar-refractivity contribution in [3.05, 3.63) is 35.7 Å². The van der Waals surface area contributed by atoms with Gasteiger partial charge < -0.3 is 4.74 Å². The van der Waals surface area contributed by atoms with Gasteiger partial charge >= 0.3 is 5.97 Å². The SMILES string of the molecule is COC(=O)c1ncccc1C=CCCS. The van der Waals surface area contributed by atoms with Crippen LogP contribution < -0.4 is 0 Å². The third-order valence-electron chi connectivity index (χ3n) is 1.81. The Labute approximate surface area is 94.6 Å². The third-order valence-corrected chi connectivity index (χ3v) is 2.07. The predicted molar refractivity (Wildman–Crippen MR) is 63.1 cm³/mol. The molecule has 0 bridgehead atoms. The number of ether oxygens (including phenoxy) is 1. The van der Waals surface area contributed by atoms with Crippen molar-refractivity contribution in [2.45, 2.75) is 6.42 Å². The first-order valence-corrected chi connectivity index (χ1v) is 5.23. The summed E-state index contributed by atoms with van der Waals surface area (Å²) in [4.78, 5) is 15.3. The van der Waals surface area contributed by atoms with E-state index in [1.807, 2.05) is 18.2 Å². The van der Waals surface area contributed by atoms with Gasteiger partial charge in [0, 0.05) is 11.8 Å². The molecule has 1 aromatic heterocycles. The molecule has 0 aliphatic rings. The number of carbonyl (C=O) groups excluding carboxylic acids is 1. The van der Waals surface area contributed by atoms with Crippen molar-refractivity contribution >= 4 is 24.7 Å². The molecule has 0 saturated heterocycles. The fourth-order valence-corrected chi connectivity index (χ4v) is 1.25. The van der Waals surface area contributed by atoms with Crippen molar-refractivity contribution in [2.75, 3.05) is 12.9 Å². The van der Waals surface area contributed by atoms with Gasteiger partial charge in [-0.3, -0.25) is 0 Å². The van der Waals surface area contributed by atoms with Crippen molar-refractivity contribution in [3.63, 3.8) is 0 Å². The number of aromatic nitrogens is 1.